The number of carbonyl (C=O) groups excluding carboxylic acids is 1. The van der Waals surface area contributed by atoms with Crippen molar-refractivity contribution in [1.29, 1.82) is 0 Å². The van der Waals surface area contributed by atoms with Gasteiger partial charge in [0.1, 0.15) is 11.3 Å². The van der Waals surface area contributed by atoms with Gasteiger partial charge in [-0.2, -0.15) is 0 Å². The molecule has 1 amide bonds. The highest BCUT2D eigenvalue weighted by Gasteiger charge is 2.50. The van der Waals surface area contributed by atoms with Gasteiger partial charge in [-0.1, -0.05) is 24.3 Å². The number of fused-ring (bicyclic) bond motifs is 3. The van der Waals surface area contributed by atoms with Crippen molar-refractivity contribution in [1.82, 2.24) is 34.4 Å². The number of morpholine rings is 2. The third kappa shape index (κ3) is 12.0. The molecule has 7 aliphatic rings. The predicted molar refractivity (Wildman–Crippen MR) is 330 cm³/mol. The molecule has 5 aliphatic heterocycles. The normalized spacial score (nSPS) is 24.2. The molecule has 6 aromatic rings. The number of nitro groups is 1. The van der Waals surface area contributed by atoms with Crippen LogP contribution in [-0.2, 0) is 32.6 Å². The van der Waals surface area contributed by atoms with Gasteiger partial charge in [0.2, 0.25) is 0 Å². The lowest BCUT2D eigenvalue weighted by molar-refractivity contribution is -0.384. The van der Waals surface area contributed by atoms with Gasteiger partial charge in [-0.3, -0.25) is 29.6 Å². The topological polar surface area (TPSA) is 227 Å². The van der Waals surface area contributed by atoms with Gasteiger partial charge in [-0.15, -0.1) is 0 Å². The first-order valence-electron chi connectivity index (χ1n) is 30.7. The van der Waals surface area contributed by atoms with Crippen LogP contribution >= 0.6 is 0 Å². The lowest BCUT2D eigenvalue weighted by Crippen LogP contribution is -2.59. The number of pyridine rings is 2. The number of hydrogen-bond donors (Lipinski definition) is 4. The minimum Gasteiger partial charge on any atom is -0.493 e. The molecule has 456 valence electrons. The Kier molecular flexibility index (Phi) is 16.2. The molecular weight excluding hydrogens is 1110 g/mol. The van der Waals surface area contributed by atoms with Crippen molar-refractivity contribution in [2.45, 2.75) is 107 Å². The summed E-state index contributed by atoms with van der Waals surface area (Å²) in [6.07, 6.45) is 11.0. The number of aryl methyl sites for hydroxylation is 1. The highest BCUT2D eigenvalue weighted by Crippen LogP contribution is 2.54. The number of amides is 1. The minimum atomic E-state index is -4.63. The molecule has 0 bridgehead atoms. The maximum atomic E-state index is 14.9. The number of ether oxygens (including phenoxy) is 3. The Morgan fingerprint density at radius 1 is 0.884 bits per heavy atom. The minimum absolute atomic E-state index is 0.0606. The number of rotatable bonds is 15. The first-order chi connectivity index (χ1) is 41.6. The van der Waals surface area contributed by atoms with E-state index in [9.17, 15) is 28.4 Å². The van der Waals surface area contributed by atoms with Crippen LogP contribution in [0.15, 0.2) is 96.2 Å². The quantitative estimate of drug-likeness (QED) is 0.0562. The van der Waals surface area contributed by atoms with Gasteiger partial charge in [0.15, 0.2) is 11.6 Å². The Morgan fingerprint density at radius 2 is 1.67 bits per heavy atom. The third-order valence-electron chi connectivity index (χ3n) is 19.8. The van der Waals surface area contributed by atoms with E-state index in [2.05, 4.69) is 87.7 Å². The molecule has 21 nitrogen and oxygen atoms in total. The van der Waals surface area contributed by atoms with Crippen molar-refractivity contribution in [2.24, 2.45) is 11.3 Å². The van der Waals surface area contributed by atoms with Crippen LogP contribution in [0.3, 0.4) is 0 Å². The molecule has 8 heterocycles. The second-order valence-corrected chi connectivity index (χ2v) is 27.1. The Balaban J connectivity index is 0.738. The number of nitro benzene ring substituents is 1. The molecule has 3 aromatic heterocycles. The highest BCUT2D eigenvalue weighted by molar-refractivity contribution is 7.90. The molecular formula is C64H80N12O9S. The summed E-state index contributed by atoms with van der Waals surface area (Å²) in [7, 11) is -2.91. The van der Waals surface area contributed by atoms with Crippen LogP contribution in [0.2, 0.25) is 0 Å². The number of carbonyl (C=O) groups is 1. The Morgan fingerprint density at radius 3 is 2.45 bits per heavy atom. The van der Waals surface area contributed by atoms with Crippen LogP contribution in [0, 0.1) is 28.4 Å². The lowest BCUT2D eigenvalue weighted by atomic mass is 9.59. The van der Waals surface area contributed by atoms with Crippen molar-refractivity contribution < 1.29 is 37.5 Å². The summed E-state index contributed by atoms with van der Waals surface area (Å²) in [5, 5.41) is 27.0. The molecule has 2 saturated carbocycles. The first-order valence-corrected chi connectivity index (χ1v) is 32.2. The Bertz CT molecular complexity index is 3590. The van der Waals surface area contributed by atoms with Crippen LogP contribution in [0.4, 0.5) is 34.3 Å². The summed E-state index contributed by atoms with van der Waals surface area (Å²) in [6, 6.07) is 25.1. The second-order valence-electron chi connectivity index (χ2n) is 25.4. The van der Waals surface area contributed by atoms with Crippen LogP contribution < -0.4 is 29.5 Å². The number of aliphatic hydroxyl groups is 1. The number of H-pyrrole nitrogens is 1. The number of sulfonamides is 1. The number of hydrogen-bond acceptors (Lipinski definition) is 18. The van der Waals surface area contributed by atoms with Gasteiger partial charge in [-0.05, 0) is 142 Å². The van der Waals surface area contributed by atoms with Gasteiger partial charge >= 0.3 is 0 Å². The van der Waals surface area contributed by atoms with Crippen LogP contribution in [-0.4, -0.2) is 171 Å². The van der Waals surface area contributed by atoms with Crippen LogP contribution in [0.25, 0.3) is 11.0 Å². The maximum Gasteiger partial charge on any atom is 0.293 e. The zero-order valence-corrected chi connectivity index (χ0v) is 50.4. The highest BCUT2D eigenvalue weighted by atomic mass is 32.2. The van der Waals surface area contributed by atoms with E-state index in [1.54, 1.807) is 13.2 Å². The number of anilines is 5. The molecule has 0 radical (unpaired) electrons. The van der Waals surface area contributed by atoms with E-state index >= 15 is 0 Å². The van der Waals surface area contributed by atoms with E-state index in [0.717, 1.165) is 142 Å². The molecule has 22 heteroatoms. The Labute approximate surface area is 503 Å². The number of piperidine rings is 1. The fourth-order valence-electron chi connectivity index (χ4n) is 14.7. The molecule has 3 aromatic carbocycles. The Hall–Kier alpha value is -6.92. The fourth-order valence-corrected chi connectivity index (χ4v) is 15.7. The zero-order valence-electron chi connectivity index (χ0n) is 49.6. The van der Waals surface area contributed by atoms with Crippen molar-refractivity contribution >= 4 is 61.2 Å². The van der Waals surface area contributed by atoms with Gasteiger partial charge in [0.25, 0.3) is 21.6 Å². The standard InChI is InChI=1S/C64H80N12O9S/c1-43-6-4-5-7-51(43)58-41-70(38-45-30-59(83-3)61(67-37-45)72-24-27-84-28-25-72)22-23-74(58)48-34-64(35-48)17-20-71(21-18-64)47-8-10-52(55(32-47)75-39-49-42-85-29-26-73(49)40-54-56(75)31-46-14-19-65-60(46)68-54)62(77)69-86(81,82)50-9-11-53(57(33-50)76(79)80)66-36-44-12-15-63(2,78)16-13-44/h4-11,14,19,30-33,37,44,48-49,58,66,78H,12-13,15-18,20-29,34-36,38-42H2,1-3H3,(H,65,68)(H,69,77)/t44-,49-,58+,63-/m1/s1. The maximum absolute atomic E-state index is 14.9. The monoisotopic (exact) mass is 1190 g/mol. The molecule has 2 aliphatic carbocycles. The van der Waals surface area contributed by atoms with Crippen LogP contribution in [0.1, 0.15) is 97.1 Å². The number of nitrogens with one attached hydrogen (secondary N) is 3. The summed E-state index contributed by atoms with van der Waals surface area (Å²) in [5.41, 5.74) is 7.07. The number of benzene rings is 3. The lowest BCUT2D eigenvalue weighted by Gasteiger charge is -2.58. The van der Waals surface area contributed by atoms with Crippen molar-refractivity contribution in [3.63, 3.8) is 0 Å². The first kappa shape index (κ1) is 58.1. The predicted octanol–water partition coefficient (Wildman–Crippen LogP) is 8.15. The second kappa shape index (κ2) is 24.0. The summed E-state index contributed by atoms with van der Waals surface area (Å²) in [6.45, 7) is 15.5. The number of nitrogens with zero attached hydrogens (tertiary/aromatic N) is 9. The molecule has 86 heavy (non-hydrogen) atoms. The van der Waals surface area contributed by atoms with E-state index in [0.29, 0.717) is 77.2 Å². The van der Waals surface area contributed by atoms with E-state index in [1.807, 2.05) is 37.5 Å². The SMILES string of the molecule is COc1cc(CN2CCN(C3CC4(CCN(c5ccc(C(=O)NS(=O)(=O)c6ccc(NC[C@H]7CC[C@](C)(O)CC7)c([N+](=O)[O-])c6)c(N6C[C@@H]7COCCN7Cc7nc8[nH]ccc8cc76)c5)CC4)C3)[C@H](c3ccccc3C)C2)cnc1N1CCOCC1. The number of piperazine rings is 1. The number of methoxy groups -OCH3 is 1. The molecule has 2 atom stereocenters. The fraction of sp³-hybridized carbons (Fsp3) is 0.516. The number of aromatic amines is 1. The number of aromatic nitrogens is 3. The molecule has 4 N–H and O–H groups in total. The summed E-state index contributed by atoms with van der Waals surface area (Å²) in [5.74, 6) is 1.01. The van der Waals surface area contributed by atoms with E-state index in [-0.39, 0.29) is 34.7 Å². The van der Waals surface area contributed by atoms with Crippen molar-refractivity contribution in [3.8, 4) is 5.75 Å². The zero-order chi connectivity index (χ0) is 59.3. The van der Waals surface area contributed by atoms with E-state index in [4.69, 9.17) is 24.2 Å². The average Bonchev–Trinajstić information content (AvgIpc) is 1.44. The van der Waals surface area contributed by atoms with Crippen molar-refractivity contribution in [3.05, 3.63) is 129 Å². The summed E-state index contributed by atoms with van der Waals surface area (Å²) >= 11 is 0. The summed E-state index contributed by atoms with van der Waals surface area (Å²) < 4.78 is 48.6. The average molecular weight is 1190 g/mol. The third-order valence-corrected chi connectivity index (χ3v) is 21.2. The molecule has 6 fully saturated rings. The van der Waals surface area contributed by atoms with Gasteiger partial charge in [0, 0.05) is 120 Å². The van der Waals surface area contributed by atoms with E-state index in [1.165, 1.54) is 23.3 Å². The van der Waals surface area contributed by atoms with E-state index < -0.39 is 37.0 Å². The largest absolute Gasteiger partial charge is 0.493 e. The smallest absolute Gasteiger partial charge is 0.293 e. The molecule has 1 spiro atoms. The van der Waals surface area contributed by atoms with Crippen molar-refractivity contribution in [2.75, 3.05) is 119 Å². The molecule has 13 rings (SSSR count). The van der Waals surface area contributed by atoms with Gasteiger partial charge in [-0.25, -0.2) is 23.1 Å². The summed E-state index contributed by atoms with van der Waals surface area (Å²) in [4.78, 5) is 54.2. The van der Waals surface area contributed by atoms with Gasteiger partial charge < -0.3 is 44.3 Å². The molecule has 4 saturated heterocycles. The molecule has 0 unspecified atom stereocenters. The van der Waals surface area contributed by atoms with Gasteiger partial charge in [0.05, 0.1) is 77.6 Å². The van der Waals surface area contributed by atoms with Crippen LogP contribution in [0.5, 0.6) is 5.75 Å².